The van der Waals surface area contributed by atoms with Crippen molar-refractivity contribution in [2.24, 2.45) is 0 Å². The lowest BCUT2D eigenvalue weighted by molar-refractivity contribution is -0.172. The van der Waals surface area contributed by atoms with Crippen LogP contribution >= 0.6 is 0 Å². The van der Waals surface area contributed by atoms with Gasteiger partial charge in [-0.2, -0.15) is 0 Å². The number of aliphatic hydroxyl groups is 1. The maximum absolute atomic E-state index is 14.9. The molecule has 2 aliphatic heterocycles. The SMILES string of the molecule is CC[C@@]1(O)C(=O)OCc2c1cc1n(c2=O)Cc2c-1nc1cc(F)c(C)c3c1c2[C@@H](N(C)CC(F)F)CC3. The standard InChI is InChI=1S/C27H26F3N3O4/c1-4-27(36)16-7-20-24-14(9-33(20)25(34)15(16)11-37-26(27)35)23-19(32(3)10-21(29)30)6-5-13-12(2)17(28)8-18(31-24)22(13)23/h7-8,19,21,36H,4-6,9-11H2,1-3H3/t19-,27-/m0/s1. The zero-order valence-corrected chi connectivity index (χ0v) is 20.7. The first-order valence-electron chi connectivity index (χ1n) is 12.4. The molecule has 0 fully saturated rings. The van der Waals surface area contributed by atoms with E-state index in [1.807, 2.05) is 0 Å². The molecule has 10 heteroatoms. The van der Waals surface area contributed by atoms with Crippen LogP contribution in [-0.2, 0) is 34.7 Å². The Morgan fingerprint density at radius 3 is 2.73 bits per heavy atom. The van der Waals surface area contributed by atoms with Gasteiger partial charge in [-0.1, -0.05) is 6.92 Å². The van der Waals surface area contributed by atoms with E-state index in [4.69, 9.17) is 9.72 Å². The number of fused-ring (bicyclic) bond motifs is 5. The number of alkyl halides is 2. The number of hydrogen-bond donors (Lipinski definition) is 1. The van der Waals surface area contributed by atoms with E-state index in [0.29, 0.717) is 35.3 Å². The number of pyridine rings is 2. The Morgan fingerprint density at radius 1 is 1.27 bits per heavy atom. The van der Waals surface area contributed by atoms with Crippen LogP contribution in [0.2, 0.25) is 0 Å². The van der Waals surface area contributed by atoms with Gasteiger partial charge in [0.05, 0.1) is 35.6 Å². The minimum Gasteiger partial charge on any atom is -0.458 e. The Morgan fingerprint density at radius 2 is 2.03 bits per heavy atom. The number of carbonyl (C=O) groups is 1. The Balaban J connectivity index is 1.66. The molecule has 0 saturated carbocycles. The molecule has 0 amide bonds. The number of nitrogens with zero attached hydrogens (tertiary/aromatic N) is 3. The number of aryl methyl sites for hydroxylation is 1. The Bertz CT molecular complexity index is 1570. The van der Waals surface area contributed by atoms with Gasteiger partial charge in [-0.15, -0.1) is 0 Å². The molecule has 0 saturated heterocycles. The fourth-order valence-electron chi connectivity index (χ4n) is 6.32. The van der Waals surface area contributed by atoms with Gasteiger partial charge in [0.2, 0.25) is 0 Å². The minimum absolute atomic E-state index is 0.0132. The van der Waals surface area contributed by atoms with Crippen LogP contribution < -0.4 is 5.56 Å². The molecule has 3 aliphatic rings. The lowest BCUT2D eigenvalue weighted by Crippen LogP contribution is -2.44. The average Bonchev–Trinajstić information content (AvgIpc) is 3.23. The number of rotatable bonds is 4. The topological polar surface area (TPSA) is 84.7 Å². The van der Waals surface area contributed by atoms with Gasteiger partial charge >= 0.3 is 5.97 Å². The zero-order valence-electron chi connectivity index (χ0n) is 20.7. The van der Waals surface area contributed by atoms with E-state index in [1.54, 1.807) is 31.9 Å². The molecule has 0 unspecified atom stereocenters. The van der Waals surface area contributed by atoms with Crippen molar-refractivity contribution in [1.29, 1.82) is 0 Å². The predicted molar refractivity (Wildman–Crippen MR) is 129 cm³/mol. The smallest absolute Gasteiger partial charge is 0.343 e. The molecule has 1 aliphatic carbocycles. The Labute approximate surface area is 210 Å². The third-order valence-electron chi connectivity index (χ3n) is 8.31. The normalized spacial score (nSPS) is 21.9. The number of aromatic nitrogens is 2. The monoisotopic (exact) mass is 513 g/mol. The second-order valence-corrected chi connectivity index (χ2v) is 10.2. The predicted octanol–water partition coefficient (Wildman–Crippen LogP) is 3.71. The molecule has 4 heterocycles. The third kappa shape index (κ3) is 3.24. The second kappa shape index (κ2) is 8.13. The molecule has 7 nitrogen and oxygen atoms in total. The first-order chi connectivity index (χ1) is 17.6. The van der Waals surface area contributed by atoms with Crippen LogP contribution in [0.5, 0.6) is 0 Å². The van der Waals surface area contributed by atoms with Crippen LogP contribution in [-0.4, -0.2) is 45.5 Å². The number of carbonyl (C=O) groups excluding carboxylic acids is 1. The summed E-state index contributed by atoms with van der Waals surface area (Å²) in [7, 11) is 1.65. The lowest BCUT2D eigenvalue weighted by Gasteiger charge is -2.35. The fourth-order valence-corrected chi connectivity index (χ4v) is 6.32. The Kier molecular flexibility index (Phi) is 5.30. The van der Waals surface area contributed by atoms with Gasteiger partial charge in [0, 0.05) is 28.6 Å². The molecule has 6 rings (SSSR count). The van der Waals surface area contributed by atoms with E-state index in [-0.39, 0.29) is 36.7 Å². The number of esters is 1. The zero-order chi connectivity index (χ0) is 26.4. The summed E-state index contributed by atoms with van der Waals surface area (Å²) in [6.45, 7) is 2.81. The summed E-state index contributed by atoms with van der Waals surface area (Å²) < 4.78 is 48.3. The Hall–Kier alpha value is -3.24. The van der Waals surface area contributed by atoms with E-state index in [9.17, 15) is 27.9 Å². The van der Waals surface area contributed by atoms with E-state index >= 15 is 0 Å². The van der Waals surface area contributed by atoms with E-state index in [2.05, 4.69) is 0 Å². The van der Waals surface area contributed by atoms with Crippen LogP contribution in [0.4, 0.5) is 13.2 Å². The lowest BCUT2D eigenvalue weighted by atomic mass is 9.81. The maximum atomic E-state index is 14.9. The summed E-state index contributed by atoms with van der Waals surface area (Å²) >= 11 is 0. The van der Waals surface area contributed by atoms with Gasteiger partial charge in [0.25, 0.3) is 12.0 Å². The number of hydrogen-bond acceptors (Lipinski definition) is 6. The molecule has 1 aromatic carbocycles. The second-order valence-electron chi connectivity index (χ2n) is 10.2. The highest BCUT2D eigenvalue weighted by Gasteiger charge is 2.46. The first-order valence-corrected chi connectivity index (χ1v) is 12.4. The largest absolute Gasteiger partial charge is 0.458 e. The number of halogens is 3. The number of cyclic esters (lactones) is 1. The molecule has 0 radical (unpaired) electrons. The number of ether oxygens (including phenoxy) is 1. The van der Waals surface area contributed by atoms with E-state index < -0.39 is 35.9 Å². The summed E-state index contributed by atoms with van der Waals surface area (Å²) in [4.78, 5) is 32.4. The molecule has 0 bridgehead atoms. The van der Waals surface area contributed by atoms with E-state index in [0.717, 1.165) is 22.1 Å². The van der Waals surface area contributed by atoms with Gasteiger partial charge in [-0.3, -0.25) is 9.69 Å². The highest BCUT2D eigenvalue weighted by molar-refractivity contribution is 5.93. The van der Waals surface area contributed by atoms with Crippen molar-refractivity contribution in [1.82, 2.24) is 14.5 Å². The maximum Gasteiger partial charge on any atom is 0.343 e. The van der Waals surface area contributed by atoms with Gasteiger partial charge < -0.3 is 14.4 Å². The van der Waals surface area contributed by atoms with Gasteiger partial charge in [0.1, 0.15) is 12.4 Å². The third-order valence-corrected chi connectivity index (χ3v) is 8.31. The van der Waals surface area contributed by atoms with Gasteiger partial charge in [0.15, 0.2) is 5.60 Å². The molecular formula is C27H26F3N3O4. The number of benzene rings is 1. The minimum atomic E-state index is -2.53. The summed E-state index contributed by atoms with van der Waals surface area (Å²) in [5, 5.41) is 11.9. The van der Waals surface area contributed by atoms with Crippen LogP contribution in [0.25, 0.3) is 22.3 Å². The molecule has 1 N–H and O–H groups in total. The average molecular weight is 514 g/mol. The highest BCUT2D eigenvalue weighted by Crippen LogP contribution is 2.47. The fraction of sp³-hybridized carbons (Fsp3) is 0.444. The van der Waals surface area contributed by atoms with Crippen LogP contribution in [0.3, 0.4) is 0 Å². The van der Waals surface area contributed by atoms with Crippen molar-refractivity contribution in [2.45, 2.75) is 64.3 Å². The van der Waals surface area contributed by atoms with Crippen LogP contribution in [0.15, 0.2) is 16.9 Å². The van der Waals surface area contributed by atoms with Crippen molar-refractivity contribution in [3.05, 3.63) is 61.7 Å². The summed E-state index contributed by atoms with van der Waals surface area (Å²) in [6.07, 6.45) is -1.47. The van der Waals surface area contributed by atoms with Crippen LogP contribution in [0.1, 0.15) is 59.2 Å². The molecule has 2 atom stereocenters. The van der Waals surface area contributed by atoms with Crippen molar-refractivity contribution in [3.8, 4) is 11.4 Å². The van der Waals surface area contributed by atoms with Crippen molar-refractivity contribution < 1.29 is 27.8 Å². The molecule has 3 aromatic rings. The van der Waals surface area contributed by atoms with Gasteiger partial charge in [-0.05, 0) is 56.0 Å². The molecule has 194 valence electrons. The molecule has 2 aromatic heterocycles. The molecule has 37 heavy (non-hydrogen) atoms. The van der Waals surface area contributed by atoms with Crippen molar-refractivity contribution in [3.63, 3.8) is 0 Å². The van der Waals surface area contributed by atoms with Crippen molar-refractivity contribution in [2.75, 3.05) is 13.6 Å². The quantitative estimate of drug-likeness (QED) is 0.419. The van der Waals surface area contributed by atoms with Crippen LogP contribution in [0, 0.1) is 12.7 Å². The van der Waals surface area contributed by atoms with Gasteiger partial charge in [-0.25, -0.2) is 22.9 Å². The summed E-state index contributed by atoms with van der Waals surface area (Å²) in [5.74, 6) is -1.22. The molecule has 0 spiro atoms. The molecular weight excluding hydrogens is 487 g/mol. The highest BCUT2D eigenvalue weighted by atomic mass is 19.3. The first kappa shape index (κ1) is 24.1. The van der Waals surface area contributed by atoms with E-state index in [1.165, 1.54) is 10.6 Å². The van der Waals surface area contributed by atoms with Crippen molar-refractivity contribution >= 4 is 16.9 Å². The summed E-state index contributed by atoms with van der Waals surface area (Å²) in [5.41, 5.74) is 2.08. The summed E-state index contributed by atoms with van der Waals surface area (Å²) in [6, 6.07) is 2.58.